The summed E-state index contributed by atoms with van der Waals surface area (Å²) >= 11 is 0. The van der Waals surface area contributed by atoms with E-state index in [1.807, 2.05) is 13.0 Å². The van der Waals surface area contributed by atoms with Crippen LogP contribution < -0.4 is 5.32 Å². The predicted octanol–water partition coefficient (Wildman–Crippen LogP) is 2.60. The second-order valence-electron chi connectivity index (χ2n) is 4.44. The summed E-state index contributed by atoms with van der Waals surface area (Å²) in [7, 11) is 0. The number of hydrogen-bond acceptors (Lipinski definition) is 5. The Morgan fingerprint density at radius 1 is 1.10 bits per heavy atom. The molecule has 0 heterocycles. The van der Waals surface area contributed by atoms with Crippen LogP contribution in [0, 0.1) is 18.3 Å². The maximum Gasteiger partial charge on any atom is 0.200 e. The van der Waals surface area contributed by atoms with Crippen LogP contribution in [0.25, 0.3) is 0 Å². The monoisotopic (exact) mass is 270 g/mol. The highest BCUT2D eigenvalue weighted by atomic mass is 16.3. The molecule has 0 atom stereocenters. The molecule has 5 nitrogen and oxygen atoms in total. The number of phenols is 3. The molecule has 2 aromatic rings. The molecule has 0 unspecified atom stereocenters. The molecular weight excluding hydrogens is 256 g/mol. The summed E-state index contributed by atoms with van der Waals surface area (Å²) in [5, 5.41) is 40.4. The SMILES string of the molecule is Cc1ccc(C#N)cc1NCc1ccc(O)c(O)c1O. The first-order valence-corrected chi connectivity index (χ1v) is 6.00. The van der Waals surface area contributed by atoms with E-state index in [1.165, 1.54) is 12.1 Å². The Kier molecular flexibility index (Phi) is 3.67. The number of anilines is 1. The lowest BCUT2D eigenvalue weighted by molar-refractivity contribution is 0.365. The summed E-state index contributed by atoms with van der Waals surface area (Å²) in [6.07, 6.45) is 0. The minimum absolute atomic E-state index is 0.259. The predicted molar refractivity (Wildman–Crippen MR) is 74.7 cm³/mol. The highest BCUT2D eigenvalue weighted by Crippen LogP contribution is 2.37. The van der Waals surface area contributed by atoms with Crippen LogP contribution in [-0.2, 0) is 6.54 Å². The number of rotatable bonds is 3. The lowest BCUT2D eigenvalue weighted by atomic mass is 10.1. The summed E-state index contributed by atoms with van der Waals surface area (Å²) in [4.78, 5) is 0. The normalized spacial score (nSPS) is 10.0. The number of nitrogens with zero attached hydrogens (tertiary/aromatic N) is 1. The quantitative estimate of drug-likeness (QED) is 0.643. The van der Waals surface area contributed by atoms with Crippen molar-refractivity contribution in [3.63, 3.8) is 0 Å². The van der Waals surface area contributed by atoms with Crippen molar-refractivity contribution in [2.45, 2.75) is 13.5 Å². The summed E-state index contributed by atoms with van der Waals surface area (Å²) in [5.74, 6) is -1.26. The molecule has 0 aliphatic carbocycles. The molecular formula is C15H14N2O3. The lowest BCUT2D eigenvalue weighted by Crippen LogP contribution is -2.01. The van der Waals surface area contributed by atoms with Gasteiger partial charge < -0.3 is 20.6 Å². The summed E-state index contributed by atoms with van der Waals surface area (Å²) in [6.45, 7) is 2.16. The third kappa shape index (κ3) is 2.59. The number of aromatic hydroxyl groups is 3. The van der Waals surface area contributed by atoms with Gasteiger partial charge in [0.05, 0.1) is 11.6 Å². The van der Waals surface area contributed by atoms with Gasteiger partial charge in [-0.2, -0.15) is 5.26 Å². The molecule has 0 aromatic heterocycles. The summed E-state index contributed by atoms with van der Waals surface area (Å²) in [5.41, 5.74) is 2.72. The Balaban J connectivity index is 2.21. The smallest absolute Gasteiger partial charge is 0.200 e. The number of nitriles is 1. The molecule has 0 saturated carbocycles. The molecule has 4 N–H and O–H groups in total. The van der Waals surface area contributed by atoms with Gasteiger partial charge in [-0.3, -0.25) is 0 Å². The third-order valence-corrected chi connectivity index (χ3v) is 3.05. The van der Waals surface area contributed by atoms with Crippen molar-refractivity contribution in [1.82, 2.24) is 0 Å². The molecule has 0 spiro atoms. The molecule has 0 saturated heterocycles. The van der Waals surface area contributed by atoms with Crippen LogP contribution >= 0.6 is 0 Å². The van der Waals surface area contributed by atoms with Crippen LogP contribution in [0.15, 0.2) is 30.3 Å². The largest absolute Gasteiger partial charge is 0.504 e. The fraction of sp³-hybridized carbons (Fsp3) is 0.133. The Bertz CT molecular complexity index is 690. The molecule has 5 heteroatoms. The lowest BCUT2D eigenvalue weighted by Gasteiger charge is -2.12. The van der Waals surface area contributed by atoms with E-state index in [1.54, 1.807) is 12.1 Å². The maximum absolute atomic E-state index is 9.72. The molecule has 0 aliphatic heterocycles. The first-order valence-electron chi connectivity index (χ1n) is 6.00. The molecule has 0 bridgehead atoms. The molecule has 0 amide bonds. The minimum Gasteiger partial charge on any atom is -0.504 e. The first kappa shape index (κ1) is 13.6. The highest BCUT2D eigenvalue weighted by Gasteiger charge is 2.11. The van der Waals surface area contributed by atoms with Crippen LogP contribution in [0.3, 0.4) is 0 Å². The van der Waals surface area contributed by atoms with E-state index in [9.17, 15) is 15.3 Å². The summed E-state index contributed by atoms with van der Waals surface area (Å²) < 4.78 is 0. The van der Waals surface area contributed by atoms with E-state index >= 15 is 0 Å². The van der Waals surface area contributed by atoms with Gasteiger partial charge in [0, 0.05) is 17.8 Å². The van der Waals surface area contributed by atoms with Gasteiger partial charge in [0.1, 0.15) is 0 Å². The van der Waals surface area contributed by atoms with Crippen molar-refractivity contribution in [2.24, 2.45) is 0 Å². The molecule has 0 aliphatic rings. The van der Waals surface area contributed by atoms with Gasteiger partial charge in [0.25, 0.3) is 0 Å². The zero-order chi connectivity index (χ0) is 14.7. The van der Waals surface area contributed by atoms with E-state index in [-0.39, 0.29) is 18.0 Å². The molecule has 0 fully saturated rings. The number of aryl methyl sites for hydroxylation is 1. The third-order valence-electron chi connectivity index (χ3n) is 3.05. The van der Waals surface area contributed by atoms with Crippen molar-refractivity contribution in [3.05, 3.63) is 47.0 Å². The maximum atomic E-state index is 9.72. The second kappa shape index (κ2) is 5.41. The minimum atomic E-state index is -0.535. The van der Waals surface area contributed by atoms with Crippen molar-refractivity contribution >= 4 is 5.69 Å². The van der Waals surface area contributed by atoms with Crippen molar-refractivity contribution in [1.29, 1.82) is 5.26 Å². The van der Waals surface area contributed by atoms with Crippen molar-refractivity contribution in [3.8, 4) is 23.3 Å². The zero-order valence-electron chi connectivity index (χ0n) is 10.9. The van der Waals surface area contributed by atoms with Gasteiger partial charge in [-0.1, -0.05) is 6.07 Å². The summed E-state index contributed by atoms with van der Waals surface area (Å²) in [6, 6.07) is 10.2. The molecule has 2 rings (SSSR count). The van der Waals surface area contributed by atoms with Crippen LogP contribution in [0.4, 0.5) is 5.69 Å². The number of benzene rings is 2. The van der Waals surface area contributed by atoms with E-state index in [0.717, 1.165) is 11.3 Å². The number of nitrogens with one attached hydrogen (secondary N) is 1. The standard InChI is InChI=1S/C15H14N2O3/c1-9-2-3-10(7-16)6-12(9)17-8-11-4-5-13(18)15(20)14(11)19/h2-6,17-20H,8H2,1H3. The van der Waals surface area contributed by atoms with E-state index in [0.29, 0.717) is 11.1 Å². The topological polar surface area (TPSA) is 96.5 Å². The van der Waals surface area contributed by atoms with Crippen LogP contribution in [0.2, 0.25) is 0 Å². The number of phenolic OH excluding ortho intramolecular Hbond substituents is 3. The van der Waals surface area contributed by atoms with Crippen molar-refractivity contribution in [2.75, 3.05) is 5.32 Å². The van der Waals surface area contributed by atoms with Gasteiger partial charge in [-0.15, -0.1) is 0 Å². The van der Waals surface area contributed by atoms with E-state index in [4.69, 9.17) is 5.26 Å². The van der Waals surface area contributed by atoms with Crippen LogP contribution in [0.1, 0.15) is 16.7 Å². The fourth-order valence-electron chi connectivity index (χ4n) is 1.83. The van der Waals surface area contributed by atoms with Crippen LogP contribution in [-0.4, -0.2) is 15.3 Å². The Morgan fingerprint density at radius 2 is 1.85 bits per heavy atom. The van der Waals surface area contributed by atoms with Gasteiger partial charge in [-0.05, 0) is 36.8 Å². The van der Waals surface area contributed by atoms with Gasteiger partial charge in [0.2, 0.25) is 5.75 Å². The van der Waals surface area contributed by atoms with Crippen molar-refractivity contribution < 1.29 is 15.3 Å². The first-order chi connectivity index (χ1) is 9.52. The highest BCUT2D eigenvalue weighted by molar-refractivity contribution is 5.57. The number of hydrogen-bond donors (Lipinski definition) is 4. The van der Waals surface area contributed by atoms with Gasteiger partial charge >= 0.3 is 0 Å². The average Bonchev–Trinajstić information content (AvgIpc) is 2.45. The second-order valence-corrected chi connectivity index (χ2v) is 4.44. The Morgan fingerprint density at radius 3 is 2.55 bits per heavy atom. The Hall–Kier alpha value is -2.87. The molecule has 2 aromatic carbocycles. The van der Waals surface area contributed by atoms with Gasteiger partial charge in [-0.25, -0.2) is 0 Å². The fourth-order valence-corrected chi connectivity index (χ4v) is 1.83. The Labute approximate surface area is 116 Å². The zero-order valence-corrected chi connectivity index (χ0v) is 10.9. The van der Waals surface area contributed by atoms with E-state index < -0.39 is 5.75 Å². The molecule has 20 heavy (non-hydrogen) atoms. The average molecular weight is 270 g/mol. The molecule has 102 valence electrons. The van der Waals surface area contributed by atoms with E-state index in [2.05, 4.69) is 11.4 Å². The van der Waals surface area contributed by atoms with Gasteiger partial charge in [0.15, 0.2) is 11.5 Å². The molecule has 0 radical (unpaired) electrons. The van der Waals surface area contributed by atoms with Crippen LogP contribution in [0.5, 0.6) is 17.2 Å².